The molecule has 2 heterocycles. The summed E-state index contributed by atoms with van der Waals surface area (Å²) in [5.74, 6) is 0.778. The van der Waals surface area contributed by atoms with Gasteiger partial charge < -0.3 is 14.8 Å². The molecule has 1 N–H and O–H groups in total. The molecule has 0 saturated carbocycles. The summed E-state index contributed by atoms with van der Waals surface area (Å²) in [5.41, 5.74) is 1.95. The maximum absolute atomic E-state index is 12.0. The predicted molar refractivity (Wildman–Crippen MR) is 81.2 cm³/mol. The maximum Gasteiger partial charge on any atom is 0.414 e. The Bertz CT molecular complexity index is 588. The van der Waals surface area contributed by atoms with Crippen LogP contribution in [-0.2, 0) is 16.0 Å². The van der Waals surface area contributed by atoms with E-state index in [4.69, 9.17) is 9.47 Å². The van der Waals surface area contributed by atoms with Gasteiger partial charge in [0.2, 0.25) is 5.91 Å². The number of ether oxygens (including phenoxy) is 2. The van der Waals surface area contributed by atoms with Crippen LogP contribution in [0.2, 0.25) is 0 Å². The lowest BCUT2D eigenvalue weighted by atomic mass is 10.1. The first-order valence-electron chi connectivity index (χ1n) is 7.62. The largest absolute Gasteiger partial charge is 0.493 e. The van der Waals surface area contributed by atoms with Crippen molar-refractivity contribution >= 4 is 17.7 Å². The number of hydrogen-bond acceptors (Lipinski definition) is 4. The molecular weight excluding hydrogens is 284 g/mol. The Labute approximate surface area is 129 Å². The molecule has 0 spiro atoms. The molecular formula is C16H20N2O4. The Balaban J connectivity index is 1.72. The molecule has 2 aliphatic rings. The molecule has 1 saturated heterocycles. The summed E-state index contributed by atoms with van der Waals surface area (Å²) in [4.78, 5) is 24.6. The summed E-state index contributed by atoms with van der Waals surface area (Å²) in [5, 5.41) is 2.68. The number of fused-ring (bicyclic) bond motifs is 1. The van der Waals surface area contributed by atoms with E-state index in [1.165, 1.54) is 6.92 Å². The zero-order valence-electron chi connectivity index (χ0n) is 12.6. The number of nitrogens with zero attached hydrogens (tertiary/aromatic N) is 1. The number of rotatable bonds is 3. The zero-order valence-corrected chi connectivity index (χ0v) is 12.6. The lowest BCUT2D eigenvalue weighted by Crippen LogP contribution is -2.33. The van der Waals surface area contributed by atoms with Crippen LogP contribution >= 0.6 is 0 Å². The third kappa shape index (κ3) is 3.16. The Morgan fingerprint density at radius 1 is 1.41 bits per heavy atom. The van der Waals surface area contributed by atoms with Gasteiger partial charge in [0.15, 0.2) is 0 Å². The molecule has 0 unspecified atom stereocenters. The quantitative estimate of drug-likeness (QED) is 0.925. The van der Waals surface area contributed by atoms with E-state index in [0.29, 0.717) is 13.1 Å². The Morgan fingerprint density at radius 3 is 3.09 bits per heavy atom. The van der Waals surface area contributed by atoms with Crippen molar-refractivity contribution < 1.29 is 19.1 Å². The standard InChI is InChI=1S/C16H20N2O4/c1-11(19)17-9-14-10-18(16(20)22-14)13-5-6-15-12(8-13)4-2-3-7-21-15/h5-6,8,14H,2-4,7,9-10H2,1H3,(H,17,19)/t14-/m0/s1. The fourth-order valence-corrected chi connectivity index (χ4v) is 2.77. The number of aryl methyl sites for hydroxylation is 1. The zero-order chi connectivity index (χ0) is 15.5. The van der Waals surface area contributed by atoms with Gasteiger partial charge in [-0.15, -0.1) is 0 Å². The fourth-order valence-electron chi connectivity index (χ4n) is 2.77. The van der Waals surface area contributed by atoms with Crippen LogP contribution in [0.5, 0.6) is 5.75 Å². The molecule has 6 nitrogen and oxygen atoms in total. The van der Waals surface area contributed by atoms with Crippen molar-refractivity contribution in [3.63, 3.8) is 0 Å². The third-order valence-corrected chi connectivity index (χ3v) is 3.91. The minimum atomic E-state index is -0.371. The molecule has 1 aromatic rings. The molecule has 22 heavy (non-hydrogen) atoms. The van der Waals surface area contributed by atoms with Gasteiger partial charge in [-0.3, -0.25) is 9.69 Å². The smallest absolute Gasteiger partial charge is 0.414 e. The molecule has 1 atom stereocenters. The molecule has 0 bridgehead atoms. The summed E-state index contributed by atoms with van der Waals surface area (Å²) >= 11 is 0. The first-order valence-corrected chi connectivity index (χ1v) is 7.62. The van der Waals surface area contributed by atoms with E-state index in [2.05, 4.69) is 5.32 Å². The van der Waals surface area contributed by atoms with Gasteiger partial charge in [-0.05, 0) is 43.0 Å². The van der Waals surface area contributed by atoms with Crippen molar-refractivity contribution in [2.75, 3.05) is 24.6 Å². The van der Waals surface area contributed by atoms with Crippen LogP contribution < -0.4 is 15.0 Å². The molecule has 2 aliphatic heterocycles. The summed E-state index contributed by atoms with van der Waals surface area (Å²) in [7, 11) is 0. The number of nitrogens with one attached hydrogen (secondary N) is 1. The van der Waals surface area contributed by atoms with Gasteiger partial charge in [0, 0.05) is 12.6 Å². The average molecular weight is 304 g/mol. The highest BCUT2D eigenvalue weighted by atomic mass is 16.6. The van der Waals surface area contributed by atoms with E-state index in [0.717, 1.165) is 42.9 Å². The highest BCUT2D eigenvalue weighted by Gasteiger charge is 2.32. The number of hydrogen-bond donors (Lipinski definition) is 1. The van der Waals surface area contributed by atoms with Crippen LogP contribution in [-0.4, -0.2) is 37.8 Å². The Hall–Kier alpha value is -2.24. The number of cyclic esters (lactones) is 1. The van der Waals surface area contributed by atoms with Gasteiger partial charge in [-0.2, -0.15) is 0 Å². The van der Waals surface area contributed by atoms with Gasteiger partial charge in [0.1, 0.15) is 11.9 Å². The highest BCUT2D eigenvalue weighted by molar-refractivity contribution is 5.90. The third-order valence-electron chi connectivity index (χ3n) is 3.91. The number of benzene rings is 1. The number of carbonyl (C=O) groups is 2. The predicted octanol–water partition coefficient (Wildman–Crippen LogP) is 1.86. The van der Waals surface area contributed by atoms with Crippen LogP contribution in [0.1, 0.15) is 25.3 Å². The first-order chi connectivity index (χ1) is 10.6. The SMILES string of the molecule is CC(=O)NC[C@H]1CN(c2ccc3c(c2)CCCCO3)C(=O)O1. The van der Waals surface area contributed by atoms with E-state index < -0.39 is 0 Å². The highest BCUT2D eigenvalue weighted by Crippen LogP contribution is 2.30. The summed E-state index contributed by atoms with van der Waals surface area (Å²) in [6.07, 6.45) is 2.42. The summed E-state index contributed by atoms with van der Waals surface area (Å²) in [6.45, 7) is 2.97. The minimum absolute atomic E-state index is 0.128. The molecule has 0 aliphatic carbocycles. The number of amides is 2. The van der Waals surface area contributed by atoms with Crippen molar-refractivity contribution in [2.24, 2.45) is 0 Å². The topological polar surface area (TPSA) is 67.9 Å². The molecule has 0 aromatic heterocycles. The lowest BCUT2D eigenvalue weighted by Gasteiger charge is -2.16. The van der Waals surface area contributed by atoms with Crippen molar-refractivity contribution in [1.82, 2.24) is 5.32 Å². The van der Waals surface area contributed by atoms with Gasteiger partial charge >= 0.3 is 6.09 Å². The monoisotopic (exact) mass is 304 g/mol. The van der Waals surface area contributed by atoms with Crippen molar-refractivity contribution in [1.29, 1.82) is 0 Å². The van der Waals surface area contributed by atoms with Crippen molar-refractivity contribution in [3.8, 4) is 5.75 Å². The average Bonchev–Trinajstić information content (AvgIpc) is 2.71. The van der Waals surface area contributed by atoms with Crippen LogP contribution in [0.4, 0.5) is 10.5 Å². The molecule has 1 aromatic carbocycles. The summed E-state index contributed by atoms with van der Waals surface area (Å²) < 4.78 is 11.0. The van der Waals surface area contributed by atoms with Gasteiger partial charge in [0.25, 0.3) is 0 Å². The fraction of sp³-hybridized carbons (Fsp3) is 0.500. The second-order valence-electron chi connectivity index (χ2n) is 5.65. The van der Waals surface area contributed by atoms with Gasteiger partial charge in [0.05, 0.1) is 19.7 Å². The Kier molecular flexibility index (Phi) is 4.18. The summed E-state index contributed by atoms with van der Waals surface area (Å²) in [6, 6.07) is 5.80. The molecule has 0 radical (unpaired) electrons. The number of carbonyl (C=O) groups excluding carboxylic acids is 2. The van der Waals surface area contributed by atoms with Crippen molar-refractivity contribution in [3.05, 3.63) is 23.8 Å². The van der Waals surface area contributed by atoms with E-state index in [1.807, 2.05) is 18.2 Å². The molecule has 2 amide bonds. The van der Waals surface area contributed by atoms with E-state index in [1.54, 1.807) is 4.90 Å². The number of anilines is 1. The minimum Gasteiger partial charge on any atom is -0.493 e. The maximum atomic E-state index is 12.0. The van der Waals surface area contributed by atoms with E-state index >= 15 is 0 Å². The molecule has 3 rings (SSSR count). The second kappa shape index (κ2) is 6.25. The first kappa shape index (κ1) is 14.7. The Morgan fingerprint density at radius 2 is 2.27 bits per heavy atom. The van der Waals surface area contributed by atoms with Gasteiger partial charge in [-0.1, -0.05) is 0 Å². The van der Waals surface area contributed by atoms with E-state index in [-0.39, 0.29) is 18.1 Å². The normalized spacial score (nSPS) is 20.7. The molecule has 6 heteroatoms. The van der Waals surface area contributed by atoms with Crippen LogP contribution in [0.15, 0.2) is 18.2 Å². The van der Waals surface area contributed by atoms with Crippen LogP contribution in [0, 0.1) is 0 Å². The van der Waals surface area contributed by atoms with Crippen LogP contribution in [0.3, 0.4) is 0 Å². The molecule has 118 valence electrons. The van der Waals surface area contributed by atoms with Gasteiger partial charge in [-0.25, -0.2) is 4.79 Å². The van der Waals surface area contributed by atoms with E-state index in [9.17, 15) is 9.59 Å². The second-order valence-corrected chi connectivity index (χ2v) is 5.65. The lowest BCUT2D eigenvalue weighted by molar-refractivity contribution is -0.119. The van der Waals surface area contributed by atoms with Crippen LogP contribution in [0.25, 0.3) is 0 Å². The van der Waals surface area contributed by atoms with Crippen molar-refractivity contribution in [2.45, 2.75) is 32.3 Å². The molecule has 1 fully saturated rings.